The van der Waals surface area contributed by atoms with Crippen molar-refractivity contribution in [2.24, 2.45) is 0 Å². The summed E-state index contributed by atoms with van der Waals surface area (Å²) in [5, 5.41) is 8.39. The molecule has 6 heteroatoms. The van der Waals surface area contributed by atoms with Crippen molar-refractivity contribution in [1.82, 2.24) is 9.80 Å². The van der Waals surface area contributed by atoms with Gasteiger partial charge in [-0.1, -0.05) is 195 Å². The third-order valence-corrected chi connectivity index (χ3v) is 13.4. The molecular formula is C48H49N2OP2Ru. The Balaban J connectivity index is 0.000000215. The van der Waals surface area contributed by atoms with Crippen LogP contribution in [0.1, 0.15) is 34.6 Å². The molecule has 0 aromatic heterocycles. The van der Waals surface area contributed by atoms with E-state index in [0.29, 0.717) is 6.04 Å². The Morgan fingerprint density at radius 2 is 0.648 bits per heavy atom. The third-order valence-electron chi connectivity index (χ3n) is 8.51. The molecule has 0 saturated carbocycles. The van der Waals surface area contributed by atoms with Crippen LogP contribution in [0, 0.1) is 20.2 Å². The van der Waals surface area contributed by atoms with Gasteiger partial charge in [-0.2, -0.15) is 0 Å². The average molecular weight is 833 g/mol. The SMILES string of the molecule is [C-]#[O+].[CH2-]C(C)N1[C]N(C(C)C)C(C)=C1C.[Ru+].c1ccc(P(c2ccccc2)c2ccccc2)cc1.c1ccc(P(c2ccccc2)c2ccccc2)cc1. The average Bonchev–Trinajstić information content (AvgIpc) is 3.53. The predicted molar refractivity (Wildman–Crippen MR) is 229 cm³/mol. The molecule has 0 spiro atoms. The summed E-state index contributed by atoms with van der Waals surface area (Å²) in [4.78, 5) is 4.26. The molecule has 0 saturated heterocycles. The van der Waals surface area contributed by atoms with Crippen LogP contribution in [-0.2, 0) is 24.1 Å². The number of rotatable bonds is 8. The van der Waals surface area contributed by atoms with Gasteiger partial charge in [0, 0.05) is 17.4 Å². The summed E-state index contributed by atoms with van der Waals surface area (Å²) in [5.74, 6) is 0. The molecule has 0 amide bonds. The van der Waals surface area contributed by atoms with Gasteiger partial charge in [0.05, 0.1) is 0 Å². The van der Waals surface area contributed by atoms with Crippen molar-refractivity contribution in [3.63, 3.8) is 0 Å². The summed E-state index contributed by atoms with van der Waals surface area (Å²) < 4.78 is 7.50. The van der Waals surface area contributed by atoms with Gasteiger partial charge in [-0.05, 0) is 75.4 Å². The fourth-order valence-corrected chi connectivity index (χ4v) is 10.5. The van der Waals surface area contributed by atoms with Crippen LogP contribution < -0.4 is 31.8 Å². The fourth-order valence-electron chi connectivity index (χ4n) is 5.90. The van der Waals surface area contributed by atoms with Gasteiger partial charge in [-0.15, -0.1) is 0 Å². The number of allylic oxidation sites excluding steroid dienone is 2. The minimum Gasteiger partial charge on any atom is -0.371 e. The van der Waals surface area contributed by atoms with Gasteiger partial charge in [0.2, 0.25) is 6.67 Å². The maximum atomic E-state index is 7.50. The second kappa shape index (κ2) is 23.6. The molecule has 1 heterocycles. The van der Waals surface area contributed by atoms with Crippen molar-refractivity contribution >= 4 is 47.7 Å². The Hall–Kier alpha value is -4.12. The zero-order chi connectivity index (χ0) is 38.0. The van der Waals surface area contributed by atoms with Gasteiger partial charge in [0.25, 0.3) is 0 Å². The van der Waals surface area contributed by atoms with Crippen LogP contribution in [0.4, 0.5) is 0 Å². The molecule has 54 heavy (non-hydrogen) atoms. The minimum atomic E-state index is -0.446. The summed E-state index contributed by atoms with van der Waals surface area (Å²) in [6.45, 7) is 22.5. The van der Waals surface area contributed by atoms with E-state index in [1.807, 2.05) is 0 Å². The first-order valence-corrected chi connectivity index (χ1v) is 20.5. The molecule has 1 unspecified atom stereocenters. The Morgan fingerprint density at radius 3 is 0.796 bits per heavy atom. The number of nitrogens with zero attached hydrogens (tertiary/aromatic N) is 2. The normalized spacial score (nSPS) is 12.4. The van der Waals surface area contributed by atoms with Crippen LogP contribution in [-0.4, -0.2) is 21.9 Å². The quantitative estimate of drug-likeness (QED) is 0.0662. The van der Waals surface area contributed by atoms with Gasteiger partial charge in [-0.3, -0.25) is 0 Å². The topological polar surface area (TPSA) is 26.4 Å². The molecule has 0 bridgehead atoms. The minimum absolute atomic E-state index is 0. The van der Waals surface area contributed by atoms with Gasteiger partial charge in [0.15, 0.2) is 0 Å². The van der Waals surface area contributed by atoms with Crippen molar-refractivity contribution in [3.05, 3.63) is 214 Å². The van der Waals surface area contributed by atoms with E-state index in [1.54, 1.807) is 0 Å². The van der Waals surface area contributed by atoms with Gasteiger partial charge in [-0.25, -0.2) is 0 Å². The van der Waals surface area contributed by atoms with Crippen LogP contribution in [0.15, 0.2) is 193 Å². The van der Waals surface area contributed by atoms with E-state index < -0.39 is 15.8 Å². The molecule has 1 aliphatic heterocycles. The Labute approximate surface area is 340 Å². The monoisotopic (exact) mass is 833 g/mol. The van der Waals surface area contributed by atoms with Gasteiger partial charge >= 0.3 is 30.8 Å². The van der Waals surface area contributed by atoms with Crippen LogP contribution >= 0.6 is 15.8 Å². The molecule has 0 aliphatic carbocycles. The van der Waals surface area contributed by atoms with E-state index in [0.717, 1.165) is 0 Å². The Morgan fingerprint density at radius 1 is 0.444 bits per heavy atom. The molecule has 0 N–H and O–H groups in total. The van der Waals surface area contributed by atoms with E-state index in [-0.39, 0.29) is 25.5 Å². The number of hydrogen-bond acceptors (Lipinski definition) is 2. The molecule has 1 aliphatic rings. The second-order valence-corrected chi connectivity index (χ2v) is 17.1. The van der Waals surface area contributed by atoms with Crippen LogP contribution in [0.5, 0.6) is 0 Å². The Kier molecular flexibility index (Phi) is 19.4. The number of hydrogen-bond donors (Lipinski definition) is 0. The van der Waals surface area contributed by atoms with Gasteiger partial charge in [0.1, 0.15) is 0 Å². The largest absolute Gasteiger partial charge is 1.00 e. The number of benzene rings is 6. The van der Waals surface area contributed by atoms with Gasteiger partial charge < -0.3 is 16.7 Å². The van der Waals surface area contributed by atoms with E-state index >= 15 is 0 Å². The molecule has 1 atom stereocenters. The summed E-state index contributed by atoms with van der Waals surface area (Å²) in [5.41, 5.74) is 2.54. The van der Waals surface area contributed by atoms with Crippen LogP contribution in [0.3, 0.4) is 0 Å². The first kappa shape index (κ1) is 44.3. The smallest absolute Gasteiger partial charge is 0.371 e. The zero-order valence-corrected chi connectivity index (χ0v) is 35.3. The summed E-state index contributed by atoms with van der Waals surface area (Å²) >= 11 is 0. The second-order valence-electron chi connectivity index (χ2n) is 12.6. The van der Waals surface area contributed by atoms with E-state index in [1.165, 1.54) is 43.2 Å². The molecule has 3 nitrogen and oxygen atoms in total. The maximum Gasteiger partial charge on any atom is 1.00 e. The fraction of sp³-hybridized carbons (Fsp3) is 0.146. The molecule has 7 rings (SSSR count). The Bertz CT molecular complexity index is 1610. The summed E-state index contributed by atoms with van der Waals surface area (Å²) in [7, 11) is -0.892. The molecular weight excluding hydrogens is 784 g/mol. The maximum absolute atomic E-state index is 7.50. The molecule has 6 aromatic carbocycles. The predicted octanol–water partition coefficient (Wildman–Crippen LogP) is 9.33. The first-order chi connectivity index (χ1) is 25.8. The third kappa shape index (κ3) is 12.5. The van der Waals surface area contributed by atoms with Crippen LogP contribution in [0.2, 0.25) is 0 Å². The zero-order valence-electron chi connectivity index (χ0n) is 31.7. The molecule has 6 aromatic rings. The van der Waals surface area contributed by atoms with Crippen LogP contribution in [0.25, 0.3) is 0 Å². The molecule has 3 radical (unpaired) electrons. The summed E-state index contributed by atoms with van der Waals surface area (Å²) in [6.07, 6.45) is 0. The first-order valence-electron chi connectivity index (χ1n) is 17.8. The standard InChI is InChI=1S/2C18H15P.C11H19N2.CO.Ru/c2*1-4-10-16(11-5-1)19(17-12-6-2-7-13-17)18-14-8-3-9-15-18;1-8(2)12-7-13(9(3)4)11(6)10(12)5;1-2;/h2*1-15H;8-9H,1H2,2-6H3;;/q;;-1;;+1. The van der Waals surface area contributed by atoms with E-state index in [2.05, 4.69) is 247 Å². The van der Waals surface area contributed by atoms with Crippen molar-refractivity contribution in [2.45, 2.75) is 46.7 Å². The molecule has 275 valence electrons. The summed E-state index contributed by atoms with van der Waals surface area (Å²) in [6, 6.07) is 65.4. The van der Waals surface area contributed by atoms with E-state index in [4.69, 9.17) is 4.65 Å². The van der Waals surface area contributed by atoms with Crippen molar-refractivity contribution in [1.29, 1.82) is 0 Å². The molecule has 0 fully saturated rings. The van der Waals surface area contributed by atoms with Crippen molar-refractivity contribution < 1.29 is 24.1 Å². The van der Waals surface area contributed by atoms with E-state index in [9.17, 15) is 0 Å². The van der Waals surface area contributed by atoms with Crippen molar-refractivity contribution in [3.8, 4) is 0 Å². The van der Waals surface area contributed by atoms with Crippen molar-refractivity contribution in [2.75, 3.05) is 0 Å².